The molecule has 1 aliphatic rings. The number of hydrogen-bond donors (Lipinski definition) is 3. The number of nitrogens with one attached hydrogen (secondary N) is 2. The molecule has 12 nitrogen and oxygen atoms in total. The lowest BCUT2D eigenvalue weighted by molar-refractivity contribution is -0.147. The number of pyridine rings is 1. The highest BCUT2D eigenvalue weighted by Gasteiger charge is 2.45. The summed E-state index contributed by atoms with van der Waals surface area (Å²) in [5, 5.41) is 16.0. The maximum atomic E-state index is 13.6. The molecule has 0 spiro atoms. The van der Waals surface area contributed by atoms with Crippen LogP contribution < -0.4 is 10.6 Å². The number of aliphatic hydroxyl groups is 1. The first kappa shape index (κ1) is 33.7. The second-order valence-corrected chi connectivity index (χ2v) is 11.2. The van der Waals surface area contributed by atoms with Crippen LogP contribution in [0.2, 0.25) is 0 Å². The molecule has 0 saturated carbocycles. The van der Waals surface area contributed by atoms with Gasteiger partial charge in [-0.3, -0.25) is 24.0 Å². The van der Waals surface area contributed by atoms with Crippen LogP contribution in [0.5, 0.6) is 0 Å². The summed E-state index contributed by atoms with van der Waals surface area (Å²) in [6.07, 6.45) is -0.934. The average molecular weight is 596 g/mol. The van der Waals surface area contributed by atoms with Gasteiger partial charge in [-0.1, -0.05) is 50.2 Å². The first-order valence-electron chi connectivity index (χ1n) is 14.3. The second-order valence-electron chi connectivity index (χ2n) is 11.2. The van der Waals surface area contributed by atoms with Gasteiger partial charge in [0.25, 0.3) is 11.9 Å². The molecule has 5 atom stereocenters. The van der Waals surface area contributed by atoms with Crippen LogP contribution in [0.25, 0.3) is 11.3 Å². The Morgan fingerprint density at radius 2 is 1.79 bits per heavy atom. The van der Waals surface area contributed by atoms with Crippen LogP contribution in [0.4, 0.5) is 0 Å². The fraction of sp³-hybridized carbons (Fsp3) is 0.500. The molecule has 2 amide bonds. The monoisotopic (exact) mass is 596 g/mol. The Labute approximate surface area is 252 Å². The van der Waals surface area contributed by atoms with E-state index >= 15 is 0 Å². The molecule has 1 fully saturated rings. The number of benzene rings is 1. The molecular weight excluding hydrogens is 555 g/mol. The molecule has 0 bridgehead atoms. The first-order valence-corrected chi connectivity index (χ1v) is 14.3. The maximum absolute atomic E-state index is 13.6. The number of likely N-dealkylation sites (N-methyl/N-ethyl adjacent to an activating group) is 1. The van der Waals surface area contributed by atoms with E-state index in [0.717, 1.165) is 5.56 Å². The van der Waals surface area contributed by atoms with Gasteiger partial charge in [0.05, 0.1) is 44.0 Å². The fourth-order valence-electron chi connectivity index (χ4n) is 4.75. The van der Waals surface area contributed by atoms with Gasteiger partial charge in [-0.15, -0.1) is 0 Å². The van der Waals surface area contributed by atoms with Gasteiger partial charge in [0.1, 0.15) is 17.8 Å². The first-order chi connectivity index (χ1) is 20.4. The van der Waals surface area contributed by atoms with Crippen molar-refractivity contribution in [3.05, 3.63) is 54.2 Å². The SMILES string of the molecule is COC(=O)[C@H]1COC[C@@H](C)C(=O)OB([C@H](CC(C)C)NC(=O)[C@@H](NC(=O)c2cccc(-c3ccccc3)n2)[C@@H](C)O)N1C. The molecule has 232 valence electrons. The van der Waals surface area contributed by atoms with Gasteiger partial charge in [0.2, 0.25) is 5.91 Å². The predicted molar refractivity (Wildman–Crippen MR) is 159 cm³/mol. The third-order valence-corrected chi connectivity index (χ3v) is 7.15. The number of esters is 1. The Morgan fingerprint density at radius 1 is 1.09 bits per heavy atom. The van der Waals surface area contributed by atoms with Crippen LogP contribution in [0.15, 0.2) is 48.5 Å². The highest BCUT2D eigenvalue weighted by Crippen LogP contribution is 2.19. The largest absolute Gasteiger partial charge is 0.518 e. The molecule has 3 N–H and O–H groups in total. The summed E-state index contributed by atoms with van der Waals surface area (Å²) in [6.45, 7) is 6.88. The second kappa shape index (κ2) is 15.6. The molecule has 3 rings (SSSR count). The summed E-state index contributed by atoms with van der Waals surface area (Å²) in [7, 11) is 1.75. The van der Waals surface area contributed by atoms with E-state index in [4.69, 9.17) is 14.1 Å². The van der Waals surface area contributed by atoms with E-state index in [9.17, 15) is 24.3 Å². The number of hydrogen-bond acceptors (Lipinski definition) is 10. The number of methoxy groups -OCH3 is 1. The number of carbonyl (C=O) groups is 4. The third-order valence-electron chi connectivity index (χ3n) is 7.15. The van der Waals surface area contributed by atoms with Crippen molar-refractivity contribution in [3.8, 4) is 11.3 Å². The van der Waals surface area contributed by atoms with Crippen molar-refractivity contribution in [2.45, 2.75) is 58.2 Å². The smallest absolute Gasteiger partial charge is 0.475 e. The normalized spacial score (nSPS) is 20.1. The van der Waals surface area contributed by atoms with Crippen molar-refractivity contribution < 1.29 is 38.4 Å². The number of carbonyl (C=O) groups excluding carboxylic acids is 4. The molecule has 2 heterocycles. The number of nitrogens with zero attached hydrogens (tertiary/aromatic N) is 2. The summed E-state index contributed by atoms with van der Waals surface area (Å²) in [5.41, 5.74) is 1.46. The summed E-state index contributed by atoms with van der Waals surface area (Å²) >= 11 is 0. The van der Waals surface area contributed by atoms with Crippen LogP contribution in [0, 0.1) is 11.8 Å². The summed E-state index contributed by atoms with van der Waals surface area (Å²) in [5.74, 6) is -3.91. The lowest BCUT2D eigenvalue weighted by atomic mass is 9.66. The van der Waals surface area contributed by atoms with Gasteiger partial charge in [-0.25, -0.2) is 4.98 Å². The van der Waals surface area contributed by atoms with E-state index in [-0.39, 0.29) is 24.8 Å². The minimum atomic E-state index is -1.36. The topological polar surface area (TPSA) is 156 Å². The Balaban J connectivity index is 1.87. The fourth-order valence-corrected chi connectivity index (χ4v) is 4.75. The third kappa shape index (κ3) is 9.09. The van der Waals surface area contributed by atoms with Gasteiger partial charge in [0.15, 0.2) is 0 Å². The number of rotatable bonds is 10. The molecule has 0 radical (unpaired) electrons. The Morgan fingerprint density at radius 3 is 2.42 bits per heavy atom. The summed E-state index contributed by atoms with van der Waals surface area (Å²) in [6, 6.07) is 12.0. The molecular formula is C30H41BN4O8. The van der Waals surface area contributed by atoms with E-state index in [1.165, 1.54) is 24.9 Å². The van der Waals surface area contributed by atoms with Gasteiger partial charge in [-0.05, 0) is 45.4 Å². The molecule has 2 aromatic rings. The Hall–Kier alpha value is -3.81. The Bertz CT molecular complexity index is 1260. The molecule has 43 heavy (non-hydrogen) atoms. The molecule has 0 aliphatic carbocycles. The van der Waals surface area contributed by atoms with E-state index in [1.54, 1.807) is 26.1 Å². The number of ether oxygens (including phenoxy) is 2. The minimum absolute atomic E-state index is 0.0276. The van der Waals surface area contributed by atoms with Gasteiger partial charge in [0, 0.05) is 5.56 Å². The zero-order valence-corrected chi connectivity index (χ0v) is 25.5. The quantitative estimate of drug-likeness (QED) is 0.271. The van der Waals surface area contributed by atoms with Gasteiger partial charge in [-0.2, -0.15) is 0 Å². The lowest BCUT2D eigenvalue weighted by Gasteiger charge is -2.35. The zero-order valence-electron chi connectivity index (χ0n) is 25.5. The van der Waals surface area contributed by atoms with E-state index in [2.05, 4.69) is 15.6 Å². The van der Waals surface area contributed by atoms with Crippen LogP contribution >= 0.6 is 0 Å². The standard InChI is InChI=1S/C30H41BN4O8/c1-18(2)15-25(31-35(5)24(30(40)41-6)17-42-16-19(3)29(39)43-31)33-28(38)26(20(4)36)34-27(37)23-14-10-13-22(32-23)21-11-8-7-9-12-21/h7-14,18-20,24-26,36H,15-17H2,1-6H3,(H,33,38)(H,34,37)/t19-,20-,24-,25+,26+/m1/s1. The van der Waals surface area contributed by atoms with Crippen molar-refractivity contribution in [3.63, 3.8) is 0 Å². The Kier molecular flexibility index (Phi) is 12.2. The number of aliphatic hydroxyl groups excluding tert-OH is 1. The van der Waals surface area contributed by atoms with E-state index in [0.29, 0.717) is 12.1 Å². The molecule has 1 aromatic heterocycles. The van der Waals surface area contributed by atoms with Gasteiger partial charge >= 0.3 is 13.0 Å². The minimum Gasteiger partial charge on any atom is -0.518 e. The average Bonchev–Trinajstić information content (AvgIpc) is 3.04. The van der Waals surface area contributed by atoms with E-state index < -0.39 is 60.9 Å². The molecule has 13 heteroatoms. The lowest BCUT2D eigenvalue weighted by Crippen LogP contribution is -2.64. The van der Waals surface area contributed by atoms with Crippen molar-refractivity contribution in [2.75, 3.05) is 27.4 Å². The van der Waals surface area contributed by atoms with Crippen LogP contribution in [0.1, 0.15) is 44.6 Å². The zero-order chi connectivity index (χ0) is 31.7. The van der Waals surface area contributed by atoms with Crippen molar-refractivity contribution >= 4 is 30.8 Å². The van der Waals surface area contributed by atoms with Crippen LogP contribution in [0.3, 0.4) is 0 Å². The summed E-state index contributed by atoms with van der Waals surface area (Å²) in [4.78, 5) is 58.3. The highest BCUT2D eigenvalue weighted by atomic mass is 16.5. The van der Waals surface area contributed by atoms with E-state index in [1.807, 2.05) is 44.2 Å². The summed E-state index contributed by atoms with van der Waals surface area (Å²) < 4.78 is 16.4. The van der Waals surface area contributed by atoms with Crippen LogP contribution in [-0.4, -0.2) is 97.2 Å². The molecule has 1 saturated heterocycles. The predicted octanol–water partition coefficient (Wildman–Crippen LogP) is 1.47. The van der Waals surface area contributed by atoms with Crippen molar-refractivity contribution in [1.82, 2.24) is 20.4 Å². The van der Waals surface area contributed by atoms with Crippen molar-refractivity contribution in [2.24, 2.45) is 11.8 Å². The van der Waals surface area contributed by atoms with Crippen LogP contribution in [-0.2, 0) is 28.5 Å². The number of aromatic nitrogens is 1. The van der Waals surface area contributed by atoms with Gasteiger partial charge < -0.3 is 29.9 Å². The maximum Gasteiger partial charge on any atom is 0.475 e. The highest BCUT2D eigenvalue weighted by molar-refractivity contribution is 6.53. The molecule has 1 aromatic carbocycles. The molecule has 0 unspecified atom stereocenters. The number of amides is 2. The van der Waals surface area contributed by atoms with Crippen molar-refractivity contribution in [1.29, 1.82) is 0 Å². The molecule has 1 aliphatic heterocycles.